The van der Waals surface area contributed by atoms with Gasteiger partial charge in [-0.15, -0.1) is 10.2 Å². The van der Waals surface area contributed by atoms with Gasteiger partial charge in [-0.1, -0.05) is 11.6 Å². The van der Waals surface area contributed by atoms with Crippen LogP contribution in [0.25, 0.3) is 0 Å². The monoisotopic (exact) mass is 304 g/mol. The molecule has 0 unspecified atom stereocenters. The maximum Gasteiger partial charge on any atom is 0.271 e. The molecule has 1 aliphatic rings. The highest BCUT2D eigenvalue weighted by atomic mass is 16.5. The summed E-state index contributed by atoms with van der Waals surface area (Å²) in [6, 6.07) is 3.46. The first-order chi connectivity index (χ1) is 10.8. The minimum absolute atomic E-state index is 0.233. The van der Waals surface area contributed by atoms with Gasteiger partial charge in [0.15, 0.2) is 5.69 Å². The summed E-state index contributed by atoms with van der Waals surface area (Å²) in [4.78, 5) is 11.8. The van der Waals surface area contributed by atoms with Crippen molar-refractivity contribution in [2.24, 2.45) is 0 Å². The van der Waals surface area contributed by atoms with Crippen molar-refractivity contribution >= 4 is 11.7 Å². The molecule has 1 aliphatic carbocycles. The lowest BCUT2D eigenvalue weighted by molar-refractivity contribution is 0.0931. The highest BCUT2D eigenvalue weighted by Gasteiger charge is 2.07. The van der Waals surface area contributed by atoms with Gasteiger partial charge in [-0.3, -0.25) is 4.79 Å². The molecule has 1 amide bonds. The van der Waals surface area contributed by atoms with Crippen LogP contribution in [0.15, 0.2) is 23.8 Å². The number of methoxy groups -OCH3 is 1. The van der Waals surface area contributed by atoms with E-state index in [1.54, 1.807) is 19.2 Å². The molecule has 0 spiro atoms. The number of rotatable bonds is 8. The van der Waals surface area contributed by atoms with Crippen molar-refractivity contribution in [3.8, 4) is 0 Å². The predicted octanol–water partition coefficient (Wildman–Crippen LogP) is 2.16. The number of nitrogens with one attached hydrogen (secondary N) is 2. The van der Waals surface area contributed by atoms with Crippen molar-refractivity contribution in [1.82, 2.24) is 15.5 Å². The van der Waals surface area contributed by atoms with E-state index in [9.17, 15) is 4.79 Å². The molecule has 0 saturated heterocycles. The van der Waals surface area contributed by atoms with Crippen molar-refractivity contribution in [3.05, 3.63) is 29.5 Å². The van der Waals surface area contributed by atoms with E-state index in [0.29, 0.717) is 24.7 Å². The molecule has 0 saturated carbocycles. The molecule has 0 aliphatic heterocycles. The molecule has 1 aromatic heterocycles. The zero-order valence-electron chi connectivity index (χ0n) is 13.1. The summed E-state index contributed by atoms with van der Waals surface area (Å²) in [5.41, 5.74) is 1.84. The fourth-order valence-electron chi connectivity index (χ4n) is 2.39. The van der Waals surface area contributed by atoms with Gasteiger partial charge in [-0.2, -0.15) is 0 Å². The molecule has 0 radical (unpaired) electrons. The Kier molecular flexibility index (Phi) is 6.83. The summed E-state index contributed by atoms with van der Waals surface area (Å²) in [7, 11) is 1.59. The zero-order valence-corrected chi connectivity index (χ0v) is 13.1. The van der Waals surface area contributed by atoms with E-state index < -0.39 is 0 Å². The van der Waals surface area contributed by atoms with E-state index in [4.69, 9.17) is 4.74 Å². The smallest absolute Gasteiger partial charge is 0.271 e. The number of carbonyl (C=O) groups excluding carboxylic acids is 1. The SMILES string of the molecule is COCCNC(=O)c1ccc(NCCC2=CCCCC2)nn1. The lowest BCUT2D eigenvalue weighted by atomic mass is 9.97. The second-order valence-electron chi connectivity index (χ2n) is 5.34. The van der Waals surface area contributed by atoms with E-state index in [1.807, 2.05) is 0 Å². The number of hydrogen-bond donors (Lipinski definition) is 2. The van der Waals surface area contributed by atoms with Gasteiger partial charge in [0.05, 0.1) is 6.61 Å². The quantitative estimate of drug-likeness (QED) is 0.568. The van der Waals surface area contributed by atoms with E-state index in [-0.39, 0.29) is 5.91 Å². The molecule has 2 rings (SSSR count). The third kappa shape index (κ3) is 5.44. The number of amides is 1. The molecule has 2 N–H and O–H groups in total. The van der Waals surface area contributed by atoms with E-state index in [0.717, 1.165) is 13.0 Å². The maximum absolute atomic E-state index is 11.8. The van der Waals surface area contributed by atoms with Crippen molar-refractivity contribution in [3.63, 3.8) is 0 Å². The second kappa shape index (κ2) is 9.15. The fraction of sp³-hybridized carbons (Fsp3) is 0.562. The van der Waals surface area contributed by atoms with Crippen LogP contribution in [0.3, 0.4) is 0 Å². The van der Waals surface area contributed by atoms with Crippen LogP contribution < -0.4 is 10.6 Å². The first-order valence-corrected chi connectivity index (χ1v) is 7.82. The molecular weight excluding hydrogens is 280 g/mol. The summed E-state index contributed by atoms with van der Waals surface area (Å²) in [5.74, 6) is 0.466. The Labute approximate surface area is 131 Å². The number of aromatic nitrogens is 2. The van der Waals surface area contributed by atoms with Crippen LogP contribution >= 0.6 is 0 Å². The molecule has 6 heteroatoms. The molecule has 0 aromatic carbocycles. The Morgan fingerprint density at radius 3 is 2.86 bits per heavy atom. The first-order valence-electron chi connectivity index (χ1n) is 7.82. The van der Waals surface area contributed by atoms with Gasteiger partial charge in [0.1, 0.15) is 5.82 Å². The third-order valence-electron chi connectivity index (χ3n) is 3.63. The van der Waals surface area contributed by atoms with Crippen molar-refractivity contribution < 1.29 is 9.53 Å². The van der Waals surface area contributed by atoms with Crippen LogP contribution in [0, 0.1) is 0 Å². The third-order valence-corrected chi connectivity index (χ3v) is 3.63. The predicted molar refractivity (Wildman–Crippen MR) is 85.9 cm³/mol. The van der Waals surface area contributed by atoms with Crippen LogP contribution in [-0.4, -0.2) is 42.9 Å². The van der Waals surface area contributed by atoms with E-state index >= 15 is 0 Å². The first kappa shape index (κ1) is 16.4. The fourth-order valence-corrected chi connectivity index (χ4v) is 2.39. The minimum Gasteiger partial charge on any atom is -0.383 e. The Morgan fingerprint density at radius 1 is 1.27 bits per heavy atom. The number of nitrogens with zero attached hydrogens (tertiary/aromatic N) is 2. The largest absolute Gasteiger partial charge is 0.383 e. The summed E-state index contributed by atoms with van der Waals surface area (Å²) in [5, 5.41) is 13.9. The van der Waals surface area contributed by atoms with Crippen LogP contribution in [0.2, 0.25) is 0 Å². The van der Waals surface area contributed by atoms with Crippen LogP contribution in [-0.2, 0) is 4.74 Å². The second-order valence-corrected chi connectivity index (χ2v) is 5.34. The van der Waals surface area contributed by atoms with Gasteiger partial charge in [0.25, 0.3) is 5.91 Å². The summed E-state index contributed by atoms with van der Waals surface area (Å²) < 4.78 is 4.88. The topological polar surface area (TPSA) is 76.1 Å². The van der Waals surface area contributed by atoms with E-state index in [2.05, 4.69) is 26.9 Å². The number of allylic oxidation sites excluding steroid dienone is 1. The van der Waals surface area contributed by atoms with Crippen LogP contribution in [0.5, 0.6) is 0 Å². The van der Waals surface area contributed by atoms with Gasteiger partial charge in [-0.05, 0) is 44.2 Å². The molecule has 1 heterocycles. The Morgan fingerprint density at radius 2 is 2.18 bits per heavy atom. The molecule has 1 aromatic rings. The zero-order chi connectivity index (χ0) is 15.6. The van der Waals surface area contributed by atoms with Crippen LogP contribution in [0.1, 0.15) is 42.6 Å². The normalized spacial score (nSPS) is 14.3. The average Bonchev–Trinajstić information content (AvgIpc) is 2.56. The standard InChI is InChI=1S/C16H24N4O2/c1-22-12-11-18-16(21)14-7-8-15(20-19-14)17-10-9-13-5-3-2-4-6-13/h5,7-8H,2-4,6,9-12H2,1H3,(H,17,20)(H,18,21). The molecule has 22 heavy (non-hydrogen) atoms. The summed E-state index contributed by atoms with van der Waals surface area (Å²) in [6.07, 6.45) is 8.44. The summed E-state index contributed by atoms with van der Waals surface area (Å²) in [6.45, 7) is 1.79. The highest BCUT2D eigenvalue weighted by Crippen LogP contribution is 2.19. The van der Waals surface area contributed by atoms with Gasteiger partial charge in [-0.25, -0.2) is 0 Å². The lowest BCUT2D eigenvalue weighted by Gasteiger charge is -2.13. The summed E-state index contributed by atoms with van der Waals surface area (Å²) >= 11 is 0. The Balaban J connectivity index is 1.74. The molecule has 6 nitrogen and oxygen atoms in total. The van der Waals surface area contributed by atoms with Gasteiger partial charge in [0.2, 0.25) is 0 Å². The van der Waals surface area contributed by atoms with Crippen molar-refractivity contribution in [2.45, 2.75) is 32.1 Å². The Hall–Kier alpha value is -1.95. The minimum atomic E-state index is -0.233. The maximum atomic E-state index is 11.8. The van der Waals surface area contributed by atoms with Crippen molar-refractivity contribution in [1.29, 1.82) is 0 Å². The van der Waals surface area contributed by atoms with Gasteiger partial charge in [0, 0.05) is 20.2 Å². The molecule has 0 fully saturated rings. The van der Waals surface area contributed by atoms with Crippen molar-refractivity contribution in [2.75, 3.05) is 32.1 Å². The average molecular weight is 304 g/mol. The number of carbonyl (C=O) groups is 1. The van der Waals surface area contributed by atoms with E-state index in [1.165, 1.54) is 31.3 Å². The highest BCUT2D eigenvalue weighted by molar-refractivity contribution is 5.92. The molecule has 0 atom stereocenters. The molecular formula is C16H24N4O2. The van der Waals surface area contributed by atoms with Gasteiger partial charge < -0.3 is 15.4 Å². The number of hydrogen-bond acceptors (Lipinski definition) is 5. The van der Waals surface area contributed by atoms with Gasteiger partial charge >= 0.3 is 0 Å². The Bertz CT molecular complexity index is 499. The van der Waals surface area contributed by atoms with Crippen LogP contribution in [0.4, 0.5) is 5.82 Å². The lowest BCUT2D eigenvalue weighted by Crippen LogP contribution is -2.28. The number of ether oxygens (including phenoxy) is 1. The molecule has 120 valence electrons. The number of anilines is 1. The molecule has 0 bridgehead atoms.